The minimum atomic E-state index is -0.715. The molecule has 33 heavy (non-hydrogen) atoms. The Kier molecular flexibility index (Phi) is 5.96. The zero-order chi connectivity index (χ0) is 23.9. The predicted molar refractivity (Wildman–Crippen MR) is 125 cm³/mol. The number of rotatable bonds is 3. The van der Waals surface area contributed by atoms with E-state index in [2.05, 4.69) is 15.9 Å². The van der Waals surface area contributed by atoms with Crippen molar-refractivity contribution in [2.45, 2.75) is 6.54 Å². The lowest BCUT2D eigenvalue weighted by molar-refractivity contribution is 0.0588. The molecule has 0 spiro atoms. The number of halogens is 2. The number of anilines is 1. The molecule has 0 unspecified atom stereocenters. The van der Waals surface area contributed by atoms with E-state index in [1.165, 1.54) is 49.7 Å². The van der Waals surface area contributed by atoms with Gasteiger partial charge in [0.2, 0.25) is 0 Å². The van der Waals surface area contributed by atoms with Crippen LogP contribution in [0.3, 0.4) is 0 Å². The summed E-state index contributed by atoms with van der Waals surface area (Å²) < 4.78 is 26.2. The van der Waals surface area contributed by atoms with Crippen molar-refractivity contribution in [3.05, 3.63) is 81.5 Å². The summed E-state index contributed by atoms with van der Waals surface area (Å²) in [5.41, 5.74) is 8.71. The van der Waals surface area contributed by atoms with Crippen LogP contribution in [0.2, 0.25) is 0 Å². The lowest BCUT2D eigenvalue weighted by Crippen LogP contribution is -2.30. The molecule has 1 aliphatic rings. The second-order valence-electron chi connectivity index (χ2n) is 7.22. The van der Waals surface area contributed by atoms with Crippen LogP contribution in [-0.2, 0) is 16.0 Å². The summed E-state index contributed by atoms with van der Waals surface area (Å²) in [6, 6.07) is 10.9. The third-order valence-corrected chi connectivity index (χ3v) is 5.95. The van der Waals surface area contributed by atoms with Crippen LogP contribution >= 0.6 is 15.9 Å². The molecule has 1 aromatic heterocycles. The number of aromatic nitrogens is 1. The summed E-state index contributed by atoms with van der Waals surface area (Å²) in [5.74, 6) is 4.57. The molecule has 0 radical (unpaired) electrons. The van der Waals surface area contributed by atoms with Crippen LogP contribution in [0, 0.1) is 5.82 Å². The molecule has 0 fully saturated rings. The maximum absolute atomic E-state index is 13.7. The van der Waals surface area contributed by atoms with Gasteiger partial charge in [-0.1, -0.05) is 28.1 Å². The second kappa shape index (κ2) is 8.72. The first-order chi connectivity index (χ1) is 15.8. The third kappa shape index (κ3) is 3.66. The summed E-state index contributed by atoms with van der Waals surface area (Å²) >= 11 is 3.46. The Morgan fingerprint density at radius 2 is 1.76 bits per heavy atom. The SMILES string of the molecule is COC(=O)c1c(-c2ccc(F)cc2)c(C(=O)OC)n2c1/C(=C/N)N(N)c1ccc(Br)cc1C2. The van der Waals surface area contributed by atoms with Crippen molar-refractivity contribution < 1.29 is 23.5 Å². The number of ether oxygens (including phenoxy) is 2. The molecule has 4 rings (SSSR count). The minimum Gasteiger partial charge on any atom is -0.465 e. The molecule has 0 atom stereocenters. The Morgan fingerprint density at radius 3 is 2.36 bits per heavy atom. The number of carbonyl (C=O) groups is 2. The van der Waals surface area contributed by atoms with Crippen molar-refractivity contribution in [3.8, 4) is 11.1 Å². The maximum Gasteiger partial charge on any atom is 0.355 e. The Bertz CT molecular complexity index is 1300. The highest BCUT2D eigenvalue weighted by atomic mass is 79.9. The standard InChI is InChI=1S/C23H20BrFN4O4/c1-32-22(30)19-18(12-3-6-15(25)7-4-12)21(23(31)33-2)28-11-13-9-14(24)5-8-16(13)29(27)17(10-26)20(19)28/h3-10H,11,26-27H2,1-2H3/b17-10-. The van der Waals surface area contributed by atoms with Crippen LogP contribution in [-0.4, -0.2) is 30.7 Å². The molecule has 0 saturated carbocycles. The third-order valence-electron chi connectivity index (χ3n) is 5.45. The smallest absolute Gasteiger partial charge is 0.355 e. The van der Waals surface area contributed by atoms with Crippen LogP contribution in [0.15, 0.2) is 53.1 Å². The van der Waals surface area contributed by atoms with E-state index < -0.39 is 17.8 Å². The number of hydrogen-bond donors (Lipinski definition) is 2. The average molecular weight is 515 g/mol. The van der Waals surface area contributed by atoms with Gasteiger partial charge in [-0.05, 0) is 41.5 Å². The lowest BCUT2D eigenvalue weighted by atomic mass is 9.98. The van der Waals surface area contributed by atoms with Crippen LogP contribution in [0.1, 0.15) is 32.1 Å². The topological polar surface area (TPSA) is 113 Å². The molecule has 170 valence electrons. The summed E-state index contributed by atoms with van der Waals surface area (Å²) in [6.45, 7) is 0.171. The van der Waals surface area contributed by atoms with Crippen LogP contribution in [0.25, 0.3) is 16.8 Å². The van der Waals surface area contributed by atoms with Gasteiger partial charge < -0.3 is 19.8 Å². The highest BCUT2D eigenvalue weighted by molar-refractivity contribution is 9.10. The summed E-state index contributed by atoms with van der Waals surface area (Å²) in [7, 11) is 2.47. The number of nitrogens with two attached hydrogens (primary N) is 2. The molecule has 0 aliphatic carbocycles. The number of methoxy groups -OCH3 is 2. The Morgan fingerprint density at radius 1 is 1.09 bits per heavy atom. The monoisotopic (exact) mass is 514 g/mol. The van der Waals surface area contributed by atoms with Gasteiger partial charge >= 0.3 is 11.9 Å². The molecule has 2 aromatic carbocycles. The van der Waals surface area contributed by atoms with E-state index in [0.29, 0.717) is 11.3 Å². The number of esters is 2. The van der Waals surface area contributed by atoms with E-state index in [-0.39, 0.29) is 34.8 Å². The molecule has 3 aromatic rings. The normalized spacial score (nSPS) is 13.8. The van der Waals surface area contributed by atoms with E-state index in [1.54, 1.807) is 10.6 Å². The second-order valence-corrected chi connectivity index (χ2v) is 8.13. The molecule has 0 saturated heterocycles. The predicted octanol–water partition coefficient (Wildman–Crippen LogP) is 3.63. The number of hydrazine groups is 1. The molecule has 10 heteroatoms. The van der Waals surface area contributed by atoms with E-state index in [1.807, 2.05) is 12.1 Å². The average Bonchev–Trinajstić information content (AvgIpc) is 3.07. The van der Waals surface area contributed by atoms with Gasteiger partial charge in [0.05, 0.1) is 43.4 Å². The quantitative estimate of drug-likeness (QED) is 0.405. The van der Waals surface area contributed by atoms with Crippen LogP contribution in [0.4, 0.5) is 10.1 Å². The first-order valence-electron chi connectivity index (χ1n) is 9.76. The fourth-order valence-electron chi connectivity index (χ4n) is 4.04. The number of carbonyl (C=O) groups excluding carboxylic acids is 2. The zero-order valence-corrected chi connectivity index (χ0v) is 19.3. The number of benzene rings is 2. The van der Waals surface area contributed by atoms with Crippen molar-refractivity contribution in [1.82, 2.24) is 4.57 Å². The Hall–Kier alpha value is -3.63. The van der Waals surface area contributed by atoms with Gasteiger partial charge in [0.15, 0.2) is 0 Å². The van der Waals surface area contributed by atoms with Gasteiger partial charge in [0, 0.05) is 16.2 Å². The first-order valence-corrected chi connectivity index (χ1v) is 10.6. The van der Waals surface area contributed by atoms with Gasteiger partial charge in [0.25, 0.3) is 0 Å². The fourth-order valence-corrected chi connectivity index (χ4v) is 4.45. The summed E-state index contributed by atoms with van der Waals surface area (Å²) in [6.07, 6.45) is 1.25. The molecular weight excluding hydrogens is 495 g/mol. The van der Waals surface area contributed by atoms with E-state index in [4.69, 9.17) is 21.1 Å². The van der Waals surface area contributed by atoms with Crippen molar-refractivity contribution >= 4 is 39.3 Å². The van der Waals surface area contributed by atoms with E-state index >= 15 is 0 Å². The van der Waals surface area contributed by atoms with Gasteiger partial charge in [-0.2, -0.15) is 0 Å². The molecule has 0 amide bonds. The molecule has 4 N–H and O–H groups in total. The Labute approximate surface area is 197 Å². The van der Waals surface area contributed by atoms with Crippen LogP contribution in [0.5, 0.6) is 0 Å². The van der Waals surface area contributed by atoms with Gasteiger partial charge in [-0.3, -0.25) is 5.01 Å². The highest BCUT2D eigenvalue weighted by Gasteiger charge is 2.37. The largest absolute Gasteiger partial charge is 0.465 e. The number of fused-ring (bicyclic) bond motifs is 2. The van der Waals surface area contributed by atoms with Crippen molar-refractivity contribution in [3.63, 3.8) is 0 Å². The summed E-state index contributed by atoms with van der Waals surface area (Å²) in [4.78, 5) is 26.1. The minimum absolute atomic E-state index is 0.0588. The van der Waals surface area contributed by atoms with Crippen molar-refractivity contribution in [2.24, 2.45) is 11.6 Å². The number of nitrogens with zero attached hydrogens (tertiary/aromatic N) is 2. The van der Waals surface area contributed by atoms with Gasteiger partial charge in [-0.25, -0.2) is 19.8 Å². The molecule has 8 nitrogen and oxygen atoms in total. The van der Waals surface area contributed by atoms with Gasteiger partial charge in [-0.15, -0.1) is 0 Å². The summed E-state index contributed by atoms with van der Waals surface area (Å²) in [5, 5.41) is 1.35. The number of hydrogen-bond acceptors (Lipinski definition) is 7. The molecule has 1 aliphatic heterocycles. The Balaban J connectivity index is 2.17. The van der Waals surface area contributed by atoms with Crippen LogP contribution < -0.4 is 16.6 Å². The van der Waals surface area contributed by atoms with Crippen molar-refractivity contribution in [1.29, 1.82) is 0 Å². The maximum atomic E-state index is 13.7. The van der Waals surface area contributed by atoms with Gasteiger partial charge in [0.1, 0.15) is 11.5 Å². The molecule has 0 bridgehead atoms. The van der Waals surface area contributed by atoms with E-state index in [0.717, 1.165) is 10.0 Å². The zero-order valence-electron chi connectivity index (χ0n) is 17.8. The highest BCUT2D eigenvalue weighted by Crippen LogP contribution is 2.42. The van der Waals surface area contributed by atoms with E-state index in [9.17, 15) is 14.0 Å². The fraction of sp³-hybridized carbons (Fsp3) is 0.130. The molecule has 2 heterocycles. The lowest BCUT2D eigenvalue weighted by Gasteiger charge is -2.22. The first kappa shape index (κ1) is 22.6. The van der Waals surface area contributed by atoms with Crippen molar-refractivity contribution in [2.75, 3.05) is 19.2 Å². The molecular formula is C23H20BrFN4O4.